The highest BCUT2D eigenvalue weighted by Crippen LogP contribution is 2.08. The first kappa shape index (κ1) is 6.22. The van der Waals surface area contributed by atoms with Crippen molar-refractivity contribution in [3.63, 3.8) is 0 Å². The summed E-state index contributed by atoms with van der Waals surface area (Å²) in [6.45, 7) is 0.731. The zero-order valence-corrected chi connectivity index (χ0v) is 4.96. The van der Waals surface area contributed by atoms with Crippen molar-refractivity contribution in [1.82, 2.24) is 4.90 Å². The molecule has 50 valence electrons. The van der Waals surface area contributed by atoms with Crippen LogP contribution in [-0.4, -0.2) is 29.8 Å². The average molecular weight is 128 g/mol. The molecule has 9 heavy (non-hydrogen) atoms. The van der Waals surface area contributed by atoms with Gasteiger partial charge in [0.1, 0.15) is 6.42 Å². The minimum absolute atomic E-state index is 0.0694. The molecule has 1 aliphatic heterocycles. The first-order valence-corrected chi connectivity index (χ1v) is 2.79. The Morgan fingerprint density at radius 3 is 2.22 bits per heavy atom. The molecule has 0 aromatic rings. The van der Waals surface area contributed by atoms with Gasteiger partial charge in [0.25, 0.3) is 0 Å². The second kappa shape index (κ2) is 2.14. The van der Waals surface area contributed by atoms with Crippen molar-refractivity contribution in [2.75, 3.05) is 13.1 Å². The third kappa shape index (κ3) is 0.929. The number of likely N-dealkylation sites (tertiary alicyclic amines) is 1. The van der Waals surface area contributed by atoms with E-state index >= 15 is 0 Å². The topological polar surface area (TPSA) is 63.4 Å². The quantitative estimate of drug-likeness (QED) is 0.371. The minimum atomic E-state index is -0.106. The van der Waals surface area contributed by atoms with Crippen LogP contribution in [0.15, 0.2) is 0 Å². The molecule has 4 heteroatoms. The highest BCUT2D eigenvalue weighted by atomic mass is 16.2. The van der Waals surface area contributed by atoms with Crippen molar-refractivity contribution < 1.29 is 9.59 Å². The predicted octanol–water partition coefficient (Wildman–Crippen LogP) is -1.30. The molecule has 0 bridgehead atoms. The van der Waals surface area contributed by atoms with Crippen LogP contribution < -0.4 is 5.73 Å². The highest BCUT2D eigenvalue weighted by Gasteiger charge is 2.32. The summed E-state index contributed by atoms with van der Waals surface area (Å²) in [7, 11) is 0. The van der Waals surface area contributed by atoms with E-state index in [0.29, 0.717) is 13.1 Å². The largest absolute Gasteiger partial charge is 0.329 e. The van der Waals surface area contributed by atoms with Gasteiger partial charge in [0.05, 0.1) is 0 Å². The molecule has 2 N–H and O–H groups in total. The molecule has 0 unspecified atom stereocenters. The average Bonchev–Trinajstić information content (AvgIpc) is 1.84. The number of β-lactam (4-membered cyclic amide) rings is 2. The van der Waals surface area contributed by atoms with Crippen LogP contribution in [0.2, 0.25) is 0 Å². The van der Waals surface area contributed by atoms with Gasteiger partial charge in [-0.2, -0.15) is 0 Å². The van der Waals surface area contributed by atoms with E-state index in [9.17, 15) is 9.59 Å². The molecule has 0 atom stereocenters. The Bertz CT molecular complexity index is 141. The highest BCUT2D eigenvalue weighted by molar-refractivity contribution is 6.14. The van der Waals surface area contributed by atoms with Gasteiger partial charge in [-0.25, -0.2) is 0 Å². The van der Waals surface area contributed by atoms with E-state index in [-0.39, 0.29) is 18.2 Å². The summed E-state index contributed by atoms with van der Waals surface area (Å²) in [5.74, 6) is -0.212. The van der Waals surface area contributed by atoms with Gasteiger partial charge in [-0.15, -0.1) is 0 Å². The maximum absolute atomic E-state index is 10.5. The number of rotatable bonds is 2. The summed E-state index contributed by atoms with van der Waals surface area (Å²) in [5.41, 5.74) is 5.12. The summed E-state index contributed by atoms with van der Waals surface area (Å²) in [6, 6.07) is 0. The van der Waals surface area contributed by atoms with E-state index in [1.807, 2.05) is 0 Å². The van der Waals surface area contributed by atoms with Crippen LogP contribution >= 0.6 is 0 Å². The van der Waals surface area contributed by atoms with Crippen LogP contribution in [0.3, 0.4) is 0 Å². The molecule has 1 rings (SSSR count). The molecule has 0 saturated carbocycles. The van der Waals surface area contributed by atoms with E-state index in [1.165, 1.54) is 4.90 Å². The molecule has 1 saturated heterocycles. The molecule has 0 aliphatic carbocycles. The lowest BCUT2D eigenvalue weighted by Gasteiger charge is -2.27. The normalized spacial score (nSPS) is 18.1. The number of nitrogens with two attached hydrogens (primary N) is 1. The van der Waals surface area contributed by atoms with Gasteiger partial charge in [-0.05, 0) is 0 Å². The fraction of sp³-hybridized carbons (Fsp3) is 0.600. The van der Waals surface area contributed by atoms with Crippen LogP contribution in [0.1, 0.15) is 6.42 Å². The lowest BCUT2D eigenvalue weighted by atomic mass is 10.2. The van der Waals surface area contributed by atoms with Gasteiger partial charge >= 0.3 is 0 Å². The standard InChI is InChI=1S/C5H8N2O2/c6-1-2-7-4(8)3-5(7)9/h1-3,6H2. The minimum Gasteiger partial charge on any atom is -0.329 e. The Balaban J connectivity index is 2.39. The van der Waals surface area contributed by atoms with Crippen molar-refractivity contribution in [3.8, 4) is 0 Å². The molecule has 0 aromatic carbocycles. The predicted molar refractivity (Wildman–Crippen MR) is 30.4 cm³/mol. The van der Waals surface area contributed by atoms with Gasteiger partial charge in [-0.1, -0.05) is 0 Å². The summed E-state index contributed by atoms with van der Waals surface area (Å²) in [4.78, 5) is 22.1. The zero-order chi connectivity index (χ0) is 6.85. The fourth-order valence-electron chi connectivity index (χ4n) is 0.747. The summed E-state index contributed by atoms with van der Waals surface area (Å²) < 4.78 is 0. The lowest BCUT2D eigenvalue weighted by molar-refractivity contribution is -0.157. The van der Waals surface area contributed by atoms with Crippen LogP contribution in [-0.2, 0) is 9.59 Å². The van der Waals surface area contributed by atoms with Crippen LogP contribution in [0.25, 0.3) is 0 Å². The van der Waals surface area contributed by atoms with E-state index in [1.54, 1.807) is 0 Å². The van der Waals surface area contributed by atoms with Gasteiger partial charge in [-0.3, -0.25) is 14.5 Å². The fourth-order valence-corrected chi connectivity index (χ4v) is 0.747. The Morgan fingerprint density at radius 1 is 1.44 bits per heavy atom. The van der Waals surface area contributed by atoms with Crippen molar-refractivity contribution in [2.45, 2.75) is 6.42 Å². The molecule has 1 aliphatic rings. The van der Waals surface area contributed by atoms with Gasteiger partial charge in [0.15, 0.2) is 0 Å². The SMILES string of the molecule is NCCN1C(=O)CC1=O. The van der Waals surface area contributed by atoms with Gasteiger partial charge in [0.2, 0.25) is 11.8 Å². The molecular formula is C5H8N2O2. The maximum Gasteiger partial charge on any atom is 0.238 e. The third-order valence-corrected chi connectivity index (χ3v) is 1.26. The molecular weight excluding hydrogens is 120 g/mol. The van der Waals surface area contributed by atoms with E-state index in [2.05, 4.69) is 0 Å². The van der Waals surface area contributed by atoms with Crippen molar-refractivity contribution in [3.05, 3.63) is 0 Å². The number of nitrogens with zero attached hydrogens (tertiary/aromatic N) is 1. The number of hydrogen-bond donors (Lipinski definition) is 1. The van der Waals surface area contributed by atoms with Crippen molar-refractivity contribution >= 4 is 11.8 Å². The smallest absolute Gasteiger partial charge is 0.238 e. The Hall–Kier alpha value is -0.900. The molecule has 0 radical (unpaired) electrons. The van der Waals surface area contributed by atoms with Gasteiger partial charge < -0.3 is 5.73 Å². The van der Waals surface area contributed by atoms with Crippen LogP contribution in [0.5, 0.6) is 0 Å². The maximum atomic E-state index is 10.5. The second-order valence-corrected chi connectivity index (χ2v) is 1.90. The molecule has 4 nitrogen and oxygen atoms in total. The number of hydrogen-bond acceptors (Lipinski definition) is 3. The Labute approximate surface area is 52.6 Å². The molecule has 1 fully saturated rings. The first-order chi connectivity index (χ1) is 4.25. The molecule has 0 aromatic heterocycles. The first-order valence-electron chi connectivity index (χ1n) is 2.79. The van der Waals surface area contributed by atoms with Gasteiger partial charge in [0, 0.05) is 13.1 Å². The van der Waals surface area contributed by atoms with Crippen LogP contribution in [0, 0.1) is 0 Å². The molecule has 1 heterocycles. The van der Waals surface area contributed by atoms with Crippen molar-refractivity contribution in [2.24, 2.45) is 5.73 Å². The second-order valence-electron chi connectivity index (χ2n) is 1.90. The summed E-state index contributed by atoms with van der Waals surface area (Å²) in [5, 5.41) is 0. The number of carbonyl (C=O) groups excluding carboxylic acids is 2. The molecule has 2 amide bonds. The number of amides is 2. The monoisotopic (exact) mass is 128 g/mol. The van der Waals surface area contributed by atoms with Crippen LogP contribution in [0.4, 0.5) is 0 Å². The third-order valence-electron chi connectivity index (χ3n) is 1.26. The number of carbonyl (C=O) groups is 2. The Morgan fingerprint density at radius 2 is 2.00 bits per heavy atom. The van der Waals surface area contributed by atoms with E-state index in [4.69, 9.17) is 5.73 Å². The molecule has 0 spiro atoms. The van der Waals surface area contributed by atoms with E-state index in [0.717, 1.165) is 0 Å². The number of imide groups is 1. The summed E-state index contributed by atoms with van der Waals surface area (Å²) in [6.07, 6.45) is 0.0694. The van der Waals surface area contributed by atoms with E-state index < -0.39 is 0 Å². The lowest BCUT2D eigenvalue weighted by Crippen LogP contribution is -2.50. The Kier molecular flexibility index (Phi) is 1.48. The summed E-state index contributed by atoms with van der Waals surface area (Å²) >= 11 is 0. The zero-order valence-electron chi connectivity index (χ0n) is 4.96. The van der Waals surface area contributed by atoms with Crippen molar-refractivity contribution in [1.29, 1.82) is 0 Å².